The Hall–Kier alpha value is -3.13. The van der Waals surface area contributed by atoms with Crippen molar-refractivity contribution in [1.29, 1.82) is 0 Å². The highest BCUT2D eigenvalue weighted by Gasteiger charge is 2.17. The minimum absolute atomic E-state index is 0.0430. The summed E-state index contributed by atoms with van der Waals surface area (Å²) in [6.45, 7) is 4.44. The first kappa shape index (κ1) is 21.6. The van der Waals surface area contributed by atoms with Crippen molar-refractivity contribution < 1.29 is 9.59 Å². The van der Waals surface area contributed by atoms with Crippen molar-refractivity contribution in [1.82, 2.24) is 20.2 Å². The lowest BCUT2D eigenvalue weighted by Crippen LogP contribution is -2.40. The second kappa shape index (κ2) is 10.1. The molecule has 3 rings (SSSR count). The van der Waals surface area contributed by atoms with Gasteiger partial charge in [0.05, 0.1) is 22.3 Å². The summed E-state index contributed by atoms with van der Waals surface area (Å²) in [5.74, 6) is -0.496. The van der Waals surface area contributed by atoms with E-state index in [0.717, 1.165) is 35.9 Å². The number of rotatable bonds is 7. The fraction of sp³-hybridized carbons (Fsp3) is 0.273. The van der Waals surface area contributed by atoms with Crippen LogP contribution >= 0.6 is 11.8 Å². The van der Waals surface area contributed by atoms with E-state index in [2.05, 4.69) is 15.6 Å². The number of urea groups is 1. The number of nitrogens with one attached hydrogen (secondary N) is 2. The number of carbonyl (C=O) groups excluding carboxylic acids is 2. The second-order valence-electron chi connectivity index (χ2n) is 6.63. The van der Waals surface area contributed by atoms with E-state index in [1.165, 1.54) is 0 Å². The SMILES string of the molecule is CCCNC(=O)NC(=O)CSc1nc2ccccc2c(=O)n1-c1ccccc1CC. The molecule has 3 aromatic rings. The molecule has 0 atom stereocenters. The van der Waals surface area contributed by atoms with Gasteiger partial charge < -0.3 is 5.32 Å². The normalized spacial score (nSPS) is 10.7. The van der Waals surface area contributed by atoms with Crippen molar-refractivity contribution in [2.24, 2.45) is 0 Å². The van der Waals surface area contributed by atoms with Gasteiger partial charge in [-0.1, -0.05) is 55.9 Å². The van der Waals surface area contributed by atoms with E-state index in [0.29, 0.717) is 22.6 Å². The number of benzene rings is 2. The van der Waals surface area contributed by atoms with E-state index in [9.17, 15) is 14.4 Å². The standard InChI is InChI=1S/C22H24N4O3S/c1-3-13-23-21(29)25-19(27)14-30-22-24-17-11-7-6-10-16(17)20(28)26(22)18-12-8-5-9-15(18)4-2/h5-12H,3-4,13-14H2,1-2H3,(H2,23,25,27,29). The Labute approximate surface area is 178 Å². The van der Waals surface area contributed by atoms with Crippen molar-refractivity contribution in [2.75, 3.05) is 12.3 Å². The molecule has 8 heteroatoms. The van der Waals surface area contributed by atoms with Gasteiger partial charge in [-0.25, -0.2) is 9.78 Å². The Morgan fingerprint density at radius 3 is 2.57 bits per heavy atom. The van der Waals surface area contributed by atoms with Crippen LogP contribution in [0.3, 0.4) is 0 Å². The Bertz CT molecular complexity index is 1130. The molecular weight excluding hydrogens is 400 g/mol. The fourth-order valence-electron chi connectivity index (χ4n) is 3.03. The van der Waals surface area contributed by atoms with Crippen LogP contribution in [0.4, 0.5) is 4.79 Å². The van der Waals surface area contributed by atoms with Gasteiger partial charge in [-0.05, 0) is 36.6 Å². The number of fused-ring (bicyclic) bond motifs is 1. The second-order valence-corrected chi connectivity index (χ2v) is 7.57. The molecule has 0 fully saturated rings. The van der Waals surface area contributed by atoms with Gasteiger partial charge in [0.25, 0.3) is 5.56 Å². The lowest BCUT2D eigenvalue weighted by Gasteiger charge is -2.16. The summed E-state index contributed by atoms with van der Waals surface area (Å²) in [7, 11) is 0. The molecule has 0 spiro atoms. The molecule has 0 aliphatic heterocycles. The number of hydrogen-bond donors (Lipinski definition) is 2. The molecular formula is C22H24N4O3S. The fourth-order valence-corrected chi connectivity index (χ4v) is 3.83. The van der Waals surface area contributed by atoms with E-state index in [1.807, 2.05) is 44.2 Å². The number of para-hydroxylation sites is 2. The van der Waals surface area contributed by atoms with E-state index in [1.54, 1.807) is 22.8 Å². The molecule has 0 saturated heterocycles. The average Bonchev–Trinajstić information content (AvgIpc) is 2.76. The lowest BCUT2D eigenvalue weighted by molar-refractivity contribution is -0.117. The van der Waals surface area contributed by atoms with Crippen molar-refractivity contribution >= 4 is 34.6 Å². The molecule has 0 aliphatic carbocycles. The van der Waals surface area contributed by atoms with Crippen LogP contribution < -0.4 is 16.2 Å². The summed E-state index contributed by atoms with van der Waals surface area (Å²) in [4.78, 5) is 41.8. The van der Waals surface area contributed by atoms with Crippen LogP contribution in [-0.2, 0) is 11.2 Å². The summed E-state index contributed by atoms with van der Waals surface area (Å²) in [6, 6.07) is 14.3. The van der Waals surface area contributed by atoms with Gasteiger partial charge in [-0.3, -0.25) is 19.5 Å². The first-order valence-corrected chi connectivity index (χ1v) is 10.8. The summed E-state index contributed by atoms with van der Waals surface area (Å²) in [6.07, 6.45) is 1.53. The highest BCUT2D eigenvalue weighted by molar-refractivity contribution is 7.99. The molecule has 2 N–H and O–H groups in total. The maximum absolute atomic E-state index is 13.3. The highest BCUT2D eigenvalue weighted by atomic mass is 32.2. The predicted octanol–water partition coefficient (Wildman–Crippen LogP) is 3.28. The van der Waals surface area contributed by atoms with E-state index in [4.69, 9.17) is 0 Å². The van der Waals surface area contributed by atoms with Gasteiger partial charge in [-0.2, -0.15) is 0 Å². The largest absolute Gasteiger partial charge is 0.338 e. The predicted molar refractivity (Wildman–Crippen MR) is 119 cm³/mol. The Morgan fingerprint density at radius 2 is 1.80 bits per heavy atom. The zero-order valence-corrected chi connectivity index (χ0v) is 17.8. The van der Waals surface area contributed by atoms with E-state index < -0.39 is 11.9 Å². The monoisotopic (exact) mass is 424 g/mol. The van der Waals surface area contributed by atoms with Gasteiger partial charge in [0.1, 0.15) is 0 Å². The number of thioether (sulfide) groups is 1. The molecule has 7 nitrogen and oxygen atoms in total. The number of hydrogen-bond acceptors (Lipinski definition) is 5. The summed E-state index contributed by atoms with van der Waals surface area (Å²) >= 11 is 1.12. The van der Waals surface area contributed by atoms with Crippen molar-refractivity contribution in [3.63, 3.8) is 0 Å². The molecule has 2 aromatic carbocycles. The van der Waals surface area contributed by atoms with Gasteiger partial charge in [0.15, 0.2) is 5.16 Å². The molecule has 1 aromatic heterocycles. The third-order valence-corrected chi connectivity index (χ3v) is 5.42. The molecule has 30 heavy (non-hydrogen) atoms. The van der Waals surface area contributed by atoms with Crippen LogP contribution in [0, 0.1) is 0 Å². The van der Waals surface area contributed by atoms with Crippen molar-refractivity contribution in [3.05, 3.63) is 64.4 Å². The first-order valence-electron chi connectivity index (χ1n) is 9.85. The quantitative estimate of drug-likeness (QED) is 0.449. The summed E-state index contributed by atoms with van der Waals surface area (Å²) in [5.41, 5.74) is 2.12. The molecule has 1 heterocycles. The molecule has 0 radical (unpaired) electrons. The topological polar surface area (TPSA) is 93.1 Å². The molecule has 0 saturated carbocycles. The summed E-state index contributed by atoms with van der Waals surface area (Å²) in [5, 5.41) is 5.81. The van der Waals surface area contributed by atoms with E-state index >= 15 is 0 Å². The minimum Gasteiger partial charge on any atom is -0.338 e. The lowest BCUT2D eigenvalue weighted by atomic mass is 10.1. The average molecular weight is 425 g/mol. The molecule has 156 valence electrons. The van der Waals surface area contributed by atoms with E-state index in [-0.39, 0.29) is 11.3 Å². The number of imide groups is 1. The summed E-state index contributed by atoms with van der Waals surface area (Å²) < 4.78 is 1.55. The Kier molecular flexibility index (Phi) is 7.24. The minimum atomic E-state index is -0.525. The third kappa shape index (κ3) is 4.88. The Morgan fingerprint density at radius 1 is 1.07 bits per heavy atom. The van der Waals surface area contributed by atoms with Crippen LogP contribution in [0.2, 0.25) is 0 Å². The number of aromatic nitrogens is 2. The smallest absolute Gasteiger partial charge is 0.321 e. The highest BCUT2D eigenvalue weighted by Crippen LogP contribution is 2.23. The van der Waals surface area contributed by atoms with Crippen LogP contribution in [0.25, 0.3) is 16.6 Å². The van der Waals surface area contributed by atoms with Gasteiger partial charge in [-0.15, -0.1) is 0 Å². The van der Waals surface area contributed by atoms with Crippen LogP contribution in [-0.4, -0.2) is 33.8 Å². The maximum Gasteiger partial charge on any atom is 0.321 e. The van der Waals surface area contributed by atoms with Gasteiger partial charge in [0, 0.05) is 6.54 Å². The Balaban J connectivity index is 1.96. The molecule has 0 aliphatic rings. The van der Waals surface area contributed by atoms with Crippen LogP contribution in [0.5, 0.6) is 0 Å². The third-order valence-electron chi connectivity index (χ3n) is 4.48. The van der Waals surface area contributed by atoms with Crippen LogP contribution in [0.1, 0.15) is 25.8 Å². The number of amides is 3. The molecule has 3 amide bonds. The molecule has 0 unspecified atom stereocenters. The van der Waals surface area contributed by atoms with Gasteiger partial charge in [0.2, 0.25) is 5.91 Å². The number of carbonyl (C=O) groups is 2. The zero-order valence-electron chi connectivity index (χ0n) is 17.0. The first-order chi connectivity index (χ1) is 14.5. The zero-order chi connectivity index (χ0) is 21.5. The van der Waals surface area contributed by atoms with Crippen LogP contribution in [0.15, 0.2) is 58.5 Å². The van der Waals surface area contributed by atoms with Crippen molar-refractivity contribution in [3.8, 4) is 5.69 Å². The maximum atomic E-state index is 13.3. The number of aryl methyl sites for hydroxylation is 1. The molecule has 0 bridgehead atoms. The van der Waals surface area contributed by atoms with Gasteiger partial charge >= 0.3 is 6.03 Å². The van der Waals surface area contributed by atoms with Crippen molar-refractivity contribution in [2.45, 2.75) is 31.8 Å². The number of nitrogens with zero attached hydrogens (tertiary/aromatic N) is 2.